The topological polar surface area (TPSA) is 58.1 Å². The number of halogens is 4. The molecule has 1 saturated heterocycles. The van der Waals surface area contributed by atoms with E-state index >= 15 is 0 Å². The highest BCUT2D eigenvalue weighted by Crippen LogP contribution is 2.48. The summed E-state index contributed by atoms with van der Waals surface area (Å²) in [5.41, 5.74) is 0.424. The second-order valence-corrected chi connectivity index (χ2v) is 12.9. The third kappa shape index (κ3) is 5.11. The standard InChI is InChI=1S/C24H30Cl2F2N4OS/c1-23(2,3)34(33)31-18-8-5-9-24(18)10-12-32(13-11-24)22-20(21(27)28)30-17(14-29-22)15-6-4-7-16(25)19(15)26/h4,6-7,14,18,21,31H,5,8-13H2,1-3H3/t18-,34+/m1/s1. The Morgan fingerprint density at radius 1 is 1.21 bits per heavy atom. The number of nitrogens with zero attached hydrogens (tertiary/aromatic N) is 3. The Hall–Kier alpha value is -1.35. The van der Waals surface area contributed by atoms with E-state index < -0.39 is 17.4 Å². The fourth-order valence-electron chi connectivity index (χ4n) is 5.01. The number of aromatic nitrogens is 2. The van der Waals surface area contributed by atoms with E-state index in [0.29, 0.717) is 23.7 Å². The van der Waals surface area contributed by atoms with Gasteiger partial charge in [-0.3, -0.25) is 0 Å². The van der Waals surface area contributed by atoms with E-state index in [4.69, 9.17) is 23.2 Å². The normalized spacial score (nSPS) is 21.4. The van der Waals surface area contributed by atoms with Gasteiger partial charge >= 0.3 is 0 Å². The van der Waals surface area contributed by atoms with Crippen LogP contribution in [0.15, 0.2) is 24.4 Å². The Morgan fingerprint density at radius 2 is 1.91 bits per heavy atom. The van der Waals surface area contributed by atoms with Crippen molar-refractivity contribution in [3.05, 3.63) is 40.1 Å². The van der Waals surface area contributed by atoms with Crippen molar-refractivity contribution in [2.45, 2.75) is 70.1 Å². The molecule has 1 spiro atoms. The second-order valence-electron chi connectivity index (χ2n) is 10.2. The maximum absolute atomic E-state index is 14.0. The molecule has 2 aromatic rings. The number of hydrogen-bond acceptors (Lipinski definition) is 4. The molecule has 2 fully saturated rings. The van der Waals surface area contributed by atoms with E-state index in [2.05, 4.69) is 14.7 Å². The Labute approximate surface area is 212 Å². The molecular formula is C24H30Cl2F2N4OS. The van der Waals surface area contributed by atoms with Crippen molar-refractivity contribution >= 4 is 40.0 Å². The van der Waals surface area contributed by atoms with E-state index in [-0.39, 0.29) is 38.4 Å². The van der Waals surface area contributed by atoms with Crippen LogP contribution in [0.4, 0.5) is 14.6 Å². The Kier molecular flexibility index (Phi) is 7.54. The molecule has 186 valence electrons. The first-order valence-electron chi connectivity index (χ1n) is 11.5. The van der Waals surface area contributed by atoms with Gasteiger partial charge in [-0.15, -0.1) is 0 Å². The average molecular weight is 532 g/mol. The lowest BCUT2D eigenvalue weighted by Crippen LogP contribution is -2.51. The number of rotatable bonds is 5. The summed E-state index contributed by atoms with van der Waals surface area (Å²) in [4.78, 5) is 10.5. The van der Waals surface area contributed by atoms with Gasteiger partial charge in [0.1, 0.15) is 5.69 Å². The molecule has 34 heavy (non-hydrogen) atoms. The Bertz CT molecular complexity index is 1070. The molecule has 2 heterocycles. The average Bonchev–Trinajstić information content (AvgIpc) is 3.16. The van der Waals surface area contributed by atoms with Crippen LogP contribution in [0.5, 0.6) is 0 Å². The van der Waals surface area contributed by atoms with E-state index in [1.165, 1.54) is 6.20 Å². The quantitative estimate of drug-likeness (QED) is 0.474. The summed E-state index contributed by atoms with van der Waals surface area (Å²) < 4.78 is 43.8. The van der Waals surface area contributed by atoms with Crippen molar-refractivity contribution in [1.29, 1.82) is 0 Å². The van der Waals surface area contributed by atoms with Gasteiger partial charge in [0.15, 0.2) is 5.82 Å². The lowest BCUT2D eigenvalue weighted by molar-refractivity contribution is 0.145. The number of hydrogen-bond donors (Lipinski definition) is 1. The summed E-state index contributed by atoms with van der Waals surface area (Å²) in [7, 11) is -1.14. The maximum atomic E-state index is 14.0. The Balaban J connectivity index is 1.54. The fourth-order valence-corrected chi connectivity index (χ4v) is 6.39. The van der Waals surface area contributed by atoms with E-state index in [0.717, 1.165) is 32.1 Å². The third-order valence-electron chi connectivity index (χ3n) is 6.98. The van der Waals surface area contributed by atoms with Crippen LogP contribution >= 0.6 is 23.2 Å². The molecule has 1 aliphatic heterocycles. The van der Waals surface area contributed by atoms with E-state index in [9.17, 15) is 13.0 Å². The summed E-state index contributed by atoms with van der Waals surface area (Å²) in [5, 5.41) is 0.593. The zero-order chi connectivity index (χ0) is 24.7. The minimum atomic E-state index is -2.77. The molecule has 0 radical (unpaired) electrons. The van der Waals surface area contributed by atoms with Crippen LogP contribution in [0.1, 0.15) is 65.0 Å². The molecule has 1 aliphatic carbocycles. The van der Waals surface area contributed by atoms with Gasteiger partial charge < -0.3 is 4.90 Å². The lowest BCUT2D eigenvalue weighted by atomic mass is 9.74. The van der Waals surface area contributed by atoms with Gasteiger partial charge in [-0.2, -0.15) is 0 Å². The number of benzene rings is 1. The van der Waals surface area contributed by atoms with Gasteiger partial charge in [-0.25, -0.2) is 27.7 Å². The first-order valence-corrected chi connectivity index (χ1v) is 13.4. The van der Waals surface area contributed by atoms with Crippen molar-refractivity contribution in [3.8, 4) is 11.3 Å². The van der Waals surface area contributed by atoms with Gasteiger partial charge in [0.25, 0.3) is 6.43 Å². The summed E-state index contributed by atoms with van der Waals surface area (Å²) in [6.45, 7) is 7.10. The molecule has 1 aromatic heterocycles. The zero-order valence-corrected chi connectivity index (χ0v) is 21.9. The van der Waals surface area contributed by atoms with Crippen molar-refractivity contribution in [2.24, 2.45) is 5.41 Å². The smallest absolute Gasteiger partial charge is 0.284 e. The highest BCUT2D eigenvalue weighted by molar-refractivity contribution is 7.84. The first-order chi connectivity index (χ1) is 16.0. The number of alkyl halides is 2. The van der Waals surface area contributed by atoms with Crippen LogP contribution in [0.2, 0.25) is 10.0 Å². The van der Waals surface area contributed by atoms with Crippen LogP contribution in [-0.2, 0) is 11.0 Å². The van der Waals surface area contributed by atoms with Gasteiger partial charge in [0.05, 0.1) is 37.7 Å². The summed E-state index contributed by atoms with van der Waals surface area (Å²) >= 11 is 12.4. The largest absolute Gasteiger partial charge is 0.355 e. The number of anilines is 1. The predicted molar refractivity (Wildman–Crippen MR) is 135 cm³/mol. The molecule has 2 atom stereocenters. The Morgan fingerprint density at radius 3 is 2.56 bits per heavy atom. The summed E-state index contributed by atoms with van der Waals surface area (Å²) in [6.07, 6.45) is 3.49. The SMILES string of the molecule is CC(C)(C)[S@](=O)N[C@@H]1CCCC12CCN(c1ncc(-c3cccc(Cl)c3Cl)nc1C(F)F)CC2. The molecule has 2 aliphatic rings. The zero-order valence-electron chi connectivity index (χ0n) is 19.6. The van der Waals surface area contributed by atoms with Crippen LogP contribution in [0.25, 0.3) is 11.3 Å². The van der Waals surface area contributed by atoms with Gasteiger partial charge in [-0.1, -0.05) is 41.8 Å². The van der Waals surface area contributed by atoms with Crippen LogP contribution < -0.4 is 9.62 Å². The summed E-state index contributed by atoms with van der Waals surface area (Å²) in [5.74, 6) is 0.215. The van der Waals surface area contributed by atoms with Crippen LogP contribution in [0, 0.1) is 5.41 Å². The highest BCUT2D eigenvalue weighted by atomic mass is 35.5. The molecule has 1 saturated carbocycles. The number of piperidine rings is 1. The van der Waals surface area contributed by atoms with E-state index in [1.54, 1.807) is 18.2 Å². The van der Waals surface area contributed by atoms with Crippen LogP contribution in [-0.4, -0.2) is 38.1 Å². The van der Waals surface area contributed by atoms with E-state index in [1.807, 2.05) is 25.7 Å². The van der Waals surface area contributed by atoms with Crippen LogP contribution in [0.3, 0.4) is 0 Å². The van der Waals surface area contributed by atoms with Crippen molar-refractivity contribution in [3.63, 3.8) is 0 Å². The monoisotopic (exact) mass is 530 g/mol. The fraction of sp³-hybridized carbons (Fsp3) is 0.583. The lowest BCUT2D eigenvalue weighted by Gasteiger charge is -2.44. The molecule has 4 rings (SSSR count). The molecule has 5 nitrogen and oxygen atoms in total. The van der Waals surface area contributed by atoms with Crippen molar-refractivity contribution in [1.82, 2.24) is 14.7 Å². The third-order valence-corrected chi connectivity index (χ3v) is 9.41. The minimum Gasteiger partial charge on any atom is -0.355 e. The number of nitrogens with one attached hydrogen (secondary N) is 1. The van der Waals surface area contributed by atoms with Gasteiger partial charge in [-0.05, 0) is 57.9 Å². The summed E-state index contributed by atoms with van der Waals surface area (Å²) in [6, 6.07) is 5.19. The van der Waals surface area contributed by atoms with Crippen molar-refractivity contribution in [2.75, 3.05) is 18.0 Å². The minimum absolute atomic E-state index is 0.0318. The molecule has 1 aromatic carbocycles. The molecule has 10 heteroatoms. The maximum Gasteiger partial charge on any atom is 0.284 e. The van der Waals surface area contributed by atoms with Gasteiger partial charge in [0.2, 0.25) is 0 Å². The molecule has 0 bridgehead atoms. The first kappa shape index (κ1) is 25.7. The predicted octanol–water partition coefficient (Wildman–Crippen LogP) is 6.58. The molecule has 0 amide bonds. The highest BCUT2D eigenvalue weighted by Gasteiger charge is 2.46. The molecule has 0 unspecified atom stereocenters. The second kappa shape index (κ2) is 9.96. The van der Waals surface area contributed by atoms with Crippen molar-refractivity contribution < 1.29 is 13.0 Å². The molecule has 1 N–H and O–H groups in total. The van der Waals surface area contributed by atoms with Gasteiger partial charge in [0, 0.05) is 24.7 Å². The molecular weight excluding hydrogens is 501 g/mol.